The lowest BCUT2D eigenvalue weighted by Crippen LogP contribution is -2.27. The molecule has 8 nitrogen and oxygen atoms in total. The molecule has 0 bridgehead atoms. The predicted molar refractivity (Wildman–Crippen MR) is 136 cm³/mol. The highest BCUT2D eigenvalue weighted by Gasteiger charge is 2.20. The first-order valence-electron chi connectivity index (χ1n) is 9.77. The number of phenolic OH excluding ortho intramolecular Hbond substituents is 1. The maximum atomic E-state index is 12.5. The number of carbonyl (C=O) groups excluding carboxylic acids is 1. The van der Waals surface area contributed by atoms with E-state index in [1.807, 2.05) is 34.9 Å². The van der Waals surface area contributed by atoms with E-state index in [2.05, 4.69) is 59.2 Å². The number of hydrazone groups is 1. The molecule has 2 aromatic carbocycles. The van der Waals surface area contributed by atoms with Crippen molar-refractivity contribution in [3.63, 3.8) is 0 Å². The number of benzene rings is 2. The summed E-state index contributed by atoms with van der Waals surface area (Å²) < 4.78 is 8.67. The molecule has 0 saturated heterocycles. The number of allylic oxidation sites excluding steroid dienone is 1. The Morgan fingerprint density at radius 3 is 2.67 bits per heavy atom. The Hall–Kier alpha value is -2.63. The molecule has 11 heteroatoms. The second-order valence-corrected chi connectivity index (χ2v) is 9.74. The molecule has 1 amide bonds. The molecule has 33 heavy (non-hydrogen) atoms. The van der Waals surface area contributed by atoms with Crippen LogP contribution >= 0.6 is 43.6 Å². The molecule has 0 unspecified atom stereocenters. The average molecular weight is 595 g/mol. The molecule has 3 aromatic rings. The van der Waals surface area contributed by atoms with Gasteiger partial charge >= 0.3 is 0 Å². The SMILES string of the molecule is C=CCn1c(COc2ccccc2)nnc1S[C@@H](C)C(=O)N/N=C\c1cc(Br)c(O)c(Br)c1. The molecule has 172 valence electrons. The van der Waals surface area contributed by atoms with Crippen LogP contribution in [0.1, 0.15) is 18.3 Å². The summed E-state index contributed by atoms with van der Waals surface area (Å²) in [4.78, 5) is 12.5. The molecular weight excluding hydrogens is 574 g/mol. The zero-order valence-electron chi connectivity index (χ0n) is 17.6. The van der Waals surface area contributed by atoms with Crippen LogP contribution in [0.3, 0.4) is 0 Å². The summed E-state index contributed by atoms with van der Waals surface area (Å²) >= 11 is 7.79. The Bertz CT molecular complexity index is 1130. The molecule has 0 saturated carbocycles. The second-order valence-electron chi connectivity index (χ2n) is 6.73. The molecule has 0 spiro atoms. The third kappa shape index (κ3) is 6.92. The molecule has 0 aliphatic heterocycles. The Balaban J connectivity index is 1.61. The van der Waals surface area contributed by atoms with E-state index in [4.69, 9.17) is 4.74 Å². The van der Waals surface area contributed by atoms with E-state index in [1.54, 1.807) is 25.1 Å². The zero-order valence-corrected chi connectivity index (χ0v) is 21.6. The van der Waals surface area contributed by atoms with Gasteiger partial charge in [-0.3, -0.25) is 9.36 Å². The lowest BCUT2D eigenvalue weighted by molar-refractivity contribution is -0.120. The first-order chi connectivity index (χ1) is 15.9. The fourth-order valence-electron chi connectivity index (χ4n) is 2.62. The summed E-state index contributed by atoms with van der Waals surface area (Å²) in [7, 11) is 0. The van der Waals surface area contributed by atoms with Gasteiger partial charge in [-0.05, 0) is 68.6 Å². The minimum Gasteiger partial charge on any atom is -0.506 e. The summed E-state index contributed by atoms with van der Waals surface area (Å²) in [6.45, 7) is 6.28. The van der Waals surface area contributed by atoms with Gasteiger partial charge in [0.1, 0.15) is 18.1 Å². The number of ether oxygens (including phenoxy) is 1. The Morgan fingerprint density at radius 2 is 2.00 bits per heavy atom. The number of para-hydroxylation sites is 1. The van der Waals surface area contributed by atoms with Crippen molar-refractivity contribution in [3.05, 3.63) is 75.5 Å². The van der Waals surface area contributed by atoms with Crippen molar-refractivity contribution in [1.29, 1.82) is 0 Å². The van der Waals surface area contributed by atoms with Crippen molar-refractivity contribution in [2.24, 2.45) is 5.10 Å². The number of carbonyl (C=O) groups is 1. The average Bonchev–Trinajstić information content (AvgIpc) is 3.18. The van der Waals surface area contributed by atoms with Gasteiger partial charge in [0.05, 0.1) is 20.4 Å². The minimum absolute atomic E-state index is 0.0957. The first kappa shape index (κ1) is 25.0. The lowest BCUT2D eigenvalue weighted by atomic mass is 10.2. The quantitative estimate of drug-likeness (QED) is 0.150. The Kier molecular flexibility index (Phi) is 9.10. The van der Waals surface area contributed by atoms with Crippen LogP contribution in [-0.4, -0.2) is 37.2 Å². The van der Waals surface area contributed by atoms with Gasteiger partial charge in [0.15, 0.2) is 11.0 Å². The first-order valence-corrected chi connectivity index (χ1v) is 12.2. The summed E-state index contributed by atoms with van der Waals surface area (Å²) in [6, 6.07) is 12.8. The zero-order chi connectivity index (χ0) is 23.8. The number of hydrogen-bond acceptors (Lipinski definition) is 7. The number of phenols is 1. The number of amides is 1. The third-order valence-corrected chi connectivity index (χ3v) is 6.58. The van der Waals surface area contributed by atoms with Gasteiger partial charge in [0.25, 0.3) is 5.91 Å². The van der Waals surface area contributed by atoms with Crippen LogP contribution in [0.4, 0.5) is 0 Å². The van der Waals surface area contributed by atoms with Crippen molar-refractivity contribution in [3.8, 4) is 11.5 Å². The minimum atomic E-state index is -0.476. The van der Waals surface area contributed by atoms with Crippen LogP contribution in [0.5, 0.6) is 11.5 Å². The smallest absolute Gasteiger partial charge is 0.253 e. The maximum Gasteiger partial charge on any atom is 0.253 e. The van der Waals surface area contributed by atoms with E-state index in [-0.39, 0.29) is 18.3 Å². The van der Waals surface area contributed by atoms with Crippen molar-refractivity contribution >= 4 is 55.7 Å². The highest BCUT2D eigenvalue weighted by Crippen LogP contribution is 2.32. The fraction of sp³-hybridized carbons (Fsp3) is 0.182. The number of rotatable bonds is 10. The van der Waals surface area contributed by atoms with E-state index in [1.165, 1.54) is 18.0 Å². The predicted octanol–water partition coefficient (Wildman–Crippen LogP) is 4.90. The van der Waals surface area contributed by atoms with Crippen LogP contribution in [0.25, 0.3) is 0 Å². The van der Waals surface area contributed by atoms with Gasteiger partial charge < -0.3 is 9.84 Å². The normalized spacial score (nSPS) is 12.0. The van der Waals surface area contributed by atoms with Gasteiger partial charge in [-0.25, -0.2) is 5.43 Å². The van der Waals surface area contributed by atoms with E-state index < -0.39 is 5.25 Å². The van der Waals surface area contributed by atoms with E-state index in [0.29, 0.717) is 32.0 Å². The number of aromatic hydroxyl groups is 1. The highest BCUT2D eigenvalue weighted by atomic mass is 79.9. The van der Waals surface area contributed by atoms with Crippen LogP contribution < -0.4 is 10.2 Å². The third-order valence-electron chi connectivity index (χ3n) is 4.30. The summed E-state index contributed by atoms with van der Waals surface area (Å²) in [6.07, 6.45) is 3.23. The summed E-state index contributed by atoms with van der Waals surface area (Å²) in [5.74, 6) is 1.18. The van der Waals surface area contributed by atoms with Crippen LogP contribution in [-0.2, 0) is 17.9 Å². The van der Waals surface area contributed by atoms with Crippen molar-refractivity contribution < 1.29 is 14.6 Å². The maximum absolute atomic E-state index is 12.5. The lowest BCUT2D eigenvalue weighted by Gasteiger charge is -2.11. The number of hydrogen-bond donors (Lipinski definition) is 2. The monoisotopic (exact) mass is 593 g/mol. The Morgan fingerprint density at radius 1 is 1.30 bits per heavy atom. The van der Waals surface area contributed by atoms with Crippen molar-refractivity contribution in [1.82, 2.24) is 20.2 Å². The molecular formula is C22H21Br2N5O3S. The van der Waals surface area contributed by atoms with E-state index in [9.17, 15) is 9.90 Å². The Labute approximate surface area is 212 Å². The molecule has 1 atom stereocenters. The number of nitrogens with zero attached hydrogens (tertiary/aromatic N) is 4. The number of aromatic nitrogens is 3. The number of halogens is 2. The van der Waals surface area contributed by atoms with E-state index >= 15 is 0 Å². The summed E-state index contributed by atoms with van der Waals surface area (Å²) in [5.41, 5.74) is 3.22. The van der Waals surface area contributed by atoms with Crippen LogP contribution in [0, 0.1) is 0 Å². The fourth-order valence-corrected chi connectivity index (χ4v) is 4.72. The van der Waals surface area contributed by atoms with Crippen LogP contribution in [0.2, 0.25) is 0 Å². The van der Waals surface area contributed by atoms with Gasteiger partial charge in [0.2, 0.25) is 0 Å². The molecule has 0 fully saturated rings. The largest absolute Gasteiger partial charge is 0.506 e. The van der Waals surface area contributed by atoms with Crippen molar-refractivity contribution in [2.45, 2.75) is 30.5 Å². The van der Waals surface area contributed by atoms with Gasteiger partial charge in [-0.2, -0.15) is 5.10 Å². The van der Waals surface area contributed by atoms with Crippen molar-refractivity contribution in [2.75, 3.05) is 0 Å². The molecule has 2 N–H and O–H groups in total. The van der Waals surface area contributed by atoms with Gasteiger partial charge in [0, 0.05) is 6.54 Å². The molecule has 0 aliphatic rings. The molecule has 1 aromatic heterocycles. The number of thioether (sulfide) groups is 1. The number of nitrogens with one attached hydrogen (secondary N) is 1. The molecule has 0 aliphatic carbocycles. The van der Waals surface area contributed by atoms with Crippen LogP contribution in [0.15, 0.2) is 74.3 Å². The molecule has 1 heterocycles. The van der Waals surface area contributed by atoms with Gasteiger partial charge in [-0.1, -0.05) is 36.0 Å². The molecule has 3 rings (SSSR count). The second kappa shape index (κ2) is 12.0. The highest BCUT2D eigenvalue weighted by molar-refractivity contribution is 9.11. The topological polar surface area (TPSA) is 102 Å². The summed E-state index contributed by atoms with van der Waals surface area (Å²) in [5, 5.41) is 22.3. The van der Waals surface area contributed by atoms with E-state index in [0.717, 1.165) is 5.75 Å². The van der Waals surface area contributed by atoms with Gasteiger partial charge in [-0.15, -0.1) is 16.8 Å². The molecule has 0 radical (unpaired) electrons. The standard InChI is InChI=1S/C22H21Br2N5O3S/c1-3-9-29-19(13-32-16-7-5-4-6-8-16)26-28-22(29)33-14(2)21(31)27-25-12-15-10-17(23)20(30)18(24)11-15/h3-8,10-12,14,30H,1,9,13H2,2H3,(H,27,31)/b25-12-/t14-/m0/s1.